The molecule has 0 aromatic rings. The van der Waals surface area contributed by atoms with E-state index >= 15 is 0 Å². The maximum absolute atomic E-state index is 5.32. The molecule has 0 bridgehead atoms. The second-order valence-electron chi connectivity index (χ2n) is 5.41. The molecule has 112 valence electrons. The Balaban J connectivity index is 3.05. The van der Waals surface area contributed by atoms with E-state index in [9.17, 15) is 0 Å². The molecule has 0 aliphatic heterocycles. The molecule has 0 N–H and O–H groups in total. The molecule has 0 saturated heterocycles. The number of unbranched alkanes of at least 4 members (excludes halogenated alkanes) is 11. The summed E-state index contributed by atoms with van der Waals surface area (Å²) in [5.74, 6) is 3.12. The molecule has 0 aliphatic rings. The maximum Gasteiger partial charge on any atom is 0.110 e. The van der Waals surface area contributed by atoms with E-state index < -0.39 is 0 Å². The molecule has 0 aliphatic carbocycles. The van der Waals surface area contributed by atoms with Crippen molar-refractivity contribution in [3.05, 3.63) is 0 Å². The molecule has 1 nitrogen and oxygen atoms in total. The van der Waals surface area contributed by atoms with Crippen molar-refractivity contribution in [1.82, 2.24) is 0 Å². The third kappa shape index (κ3) is 17.4. The first-order valence-electron chi connectivity index (χ1n) is 8.51. The van der Waals surface area contributed by atoms with Crippen LogP contribution < -0.4 is 0 Å². The van der Waals surface area contributed by atoms with Gasteiger partial charge in [0.15, 0.2) is 0 Å². The van der Waals surface area contributed by atoms with Crippen molar-refractivity contribution in [3.63, 3.8) is 0 Å². The summed E-state index contributed by atoms with van der Waals surface area (Å²) >= 11 is 0. The van der Waals surface area contributed by atoms with Crippen molar-refractivity contribution >= 4 is 0 Å². The fraction of sp³-hybridized carbons (Fsp3) is 0.889. The van der Waals surface area contributed by atoms with Crippen molar-refractivity contribution in [3.8, 4) is 12.0 Å². The van der Waals surface area contributed by atoms with Gasteiger partial charge in [-0.2, -0.15) is 0 Å². The van der Waals surface area contributed by atoms with Crippen LogP contribution in [0.1, 0.15) is 97.3 Å². The van der Waals surface area contributed by atoms with E-state index in [1.54, 1.807) is 0 Å². The lowest BCUT2D eigenvalue weighted by atomic mass is 10.1. The number of hydrogen-bond acceptors (Lipinski definition) is 1. The van der Waals surface area contributed by atoms with Gasteiger partial charge >= 0.3 is 0 Å². The second-order valence-corrected chi connectivity index (χ2v) is 5.41. The van der Waals surface area contributed by atoms with Crippen molar-refractivity contribution in [2.75, 3.05) is 6.61 Å². The fourth-order valence-corrected chi connectivity index (χ4v) is 2.10. The minimum absolute atomic E-state index is 0.815. The summed E-state index contributed by atoms with van der Waals surface area (Å²) < 4.78 is 5.32. The zero-order valence-corrected chi connectivity index (χ0v) is 13.3. The van der Waals surface area contributed by atoms with Crippen LogP contribution in [0.4, 0.5) is 0 Å². The van der Waals surface area contributed by atoms with Crippen LogP contribution in [0.3, 0.4) is 0 Å². The van der Waals surface area contributed by atoms with E-state index in [2.05, 4.69) is 25.9 Å². The molecule has 0 atom stereocenters. The molecule has 0 spiro atoms. The van der Waals surface area contributed by atoms with Gasteiger partial charge in [-0.1, -0.05) is 84.0 Å². The van der Waals surface area contributed by atoms with Crippen LogP contribution in [0.2, 0.25) is 0 Å². The highest BCUT2D eigenvalue weighted by atomic mass is 16.5. The average molecular weight is 266 g/mol. The van der Waals surface area contributed by atoms with Gasteiger partial charge in [-0.3, -0.25) is 0 Å². The number of hydrogen-bond donors (Lipinski definition) is 0. The predicted molar refractivity (Wildman–Crippen MR) is 85.1 cm³/mol. The first-order chi connectivity index (χ1) is 9.41. The van der Waals surface area contributed by atoms with E-state index in [1.807, 2.05) is 0 Å². The molecule has 0 fully saturated rings. The summed E-state index contributed by atoms with van der Waals surface area (Å²) in [5.41, 5.74) is 0. The first kappa shape index (κ1) is 18.4. The summed E-state index contributed by atoms with van der Waals surface area (Å²) in [4.78, 5) is 0. The summed E-state index contributed by atoms with van der Waals surface area (Å²) in [6.45, 7) is 5.32. The van der Waals surface area contributed by atoms with Gasteiger partial charge in [0.2, 0.25) is 0 Å². The molecule has 0 heterocycles. The Morgan fingerprint density at radius 1 is 0.632 bits per heavy atom. The fourth-order valence-electron chi connectivity index (χ4n) is 2.10. The van der Waals surface area contributed by atoms with E-state index in [0.717, 1.165) is 19.4 Å². The van der Waals surface area contributed by atoms with Gasteiger partial charge in [-0.05, 0) is 12.8 Å². The van der Waals surface area contributed by atoms with Gasteiger partial charge in [0.05, 0.1) is 0 Å². The van der Waals surface area contributed by atoms with Crippen LogP contribution in [0.25, 0.3) is 0 Å². The SMILES string of the molecule is CCCCCCCCC#COCCCCCCCC. The molecular weight excluding hydrogens is 232 g/mol. The van der Waals surface area contributed by atoms with E-state index in [1.165, 1.54) is 70.6 Å². The smallest absolute Gasteiger partial charge is 0.110 e. The van der Waals surface area contributed by atoms with Crippen LogP contribution in [0.15, 0.2) is 0 Å². The molecule has 0 radical (unpaired) electrons. The predicted octanol–water partition coefficient (Wildman–Crippen LogP) is 6.08. The monoisotopic (exact) mass is 266 g/mol. The van der Waals surface area contributed by atoms with Crippen LogP contribution in [0.5, 0.6) is 0 Å². The van der Waals surface area contributed by atoms with Crippen LogP contribution in [-0.4, -0.2) is 6.61 Å². The molecule has 0 aromatic carbocycles. The Kier molecular flexibility index (Phi) is 16.8. The van der Waals surface area contributed by atoms with Gasteiger partial charge < -0.3 is 4.74 Å². The summed E-state index contributed by atoms with van der Waals surface area (Å²) in [6, 6.07) is 0. The lowest BCUT2D eigenvalue weighted by Gasteiger charge is -1.99. The Labute approximate surface area is 121 Å². The highest BCUT2D eigenvalue weighted by Gasteiger charge is 1.90. The molecule has 19 heavy (non-hydrogen) atoms. The molecule has 0 amide bonds. The quantitative estimate of drug-likeness (QED) is 0.290. The molecule has 1 heteroatoms. The standard InChI is InChI=1S/C18H34O/c1-3-5-7-9-11-12-14-16-18-19-17-15-13-10-8-6-4-2/h3-15,17H2,1-2H3. The van der Waals surface area contributed by atoms with Crippen molar-refractivity contribution in [2.24, 2.45) is 0 Å². The van der Waals surface area contributed by atoms with Gasteiger partial charge in [0.1, 0.15) is 12.7 Å². The Hall–Kier alpha value is -0.640. The Morgan fingerprint density at radius 2 is 1.16 bits per heavy atom. The summed E-state index contributed by atoms with van der Waals surface area (Å²) in [6.07, 6.45) is 19.7. The molecule has 0 saturated carbocycles. The third-order valence-corrected chi connectivity index (χ3v) is 3.40. The van der Waals surface area contributed by atoms with E-state index in [0.29, 0.717) is 0 Å². The summed E-state index contributed by atoms with van der Waals surface area (Å²) in [7, 11) is 0. The van der Waals surface area contributed by atoms with Gasteiger partial charge in [0.25, 0.3) is 0 Å². The van der Waals surface area contributed by atoms with Crippen molar-refractivity contribution in [2.45, 2.75) is 97.3 Å². The topological polar surface area (TPSA) is 9.23 Å². The largest absolute Gasteiger partial charge is 0.447 e. The van der Waals surface area contributed by atoms with Crippen LogP contribution in [0, 0.1) is 12.0 Å². The summed E-state index contributed by atoms with van der Waals surface area (Å²) in [5, 5.41) is 0. The lowest BCUT2D eigenvalue weighted by molar-refractivity contribution is 0.266. The normalized spacial score (nSPS) is 10.0. The van der Waals surface area contributed by atoms with Crippen LogP contribution >= 0.6 is 0 Å². The molecular formula is C18H34O. The average Bonchev–Trinajstić information content (AvgIpc) is 2.43. The molecule has 0 unspecified atom stereocenters. The highest BCUT2D eigenvalue weighted by Crippen LogP contribution is 2.06. The molecule has 0 aromatic heterocycles. The third-order valence-electron chi connectivity index (χ3n) is 3.40. The molecule has 0 rings (SSSR count). The van der Waals surface area contributed by atoms with E-state index in [-0.39, 0.29) is 0 Å². The number of ether oxygens (including phenoxy) is 1. The minimum Gasteiger partial charge on any atom is -0.447 e. The minimum atomic E-state index is 0.815. The highest BCUT2D eigenvalue weighted by molar-refractivity contribution is 4.90. The van der Waals surface area contributed by atoms with Gasteiger partial charge in [0, 0.05) is 6.42 Å². The van der Waals surface area contributed by atoms with Crippen molar-refractivity contribution in [1.29, 1.82) is 0 Å². The second kappa shape index (κ2) is 17.4. The maximum atomic E-state index is 5.32. The van der Waals surface area contributed by atoms with Crippen molar-refractivity contribution < 1.29 is 4.74 Å². The van der Waals surface area contributed by atoms with E-state index in [4.69, 9.17) is 4.74 Å². The number of rotatable bonds is 13. The Bertz CT molecular complexity index is 211. The Morgan fingerprint density at radius 3 is 1.79 bits per heavy atom. The van der Waals surface area contributed by atoms with Crippen LogP contribution in [-0.2, 0) is 4.74 Å². The zero-order chi connectivity index (χ0) is 14.0. The van der Waals surface area contributed by atoms with Gasteiger partial charge in [-0.15, -0.1) is 0 Å². The lowest BCUT2D eigenvalue weighted by Crippen LogP contribution is -1.88. The first-order valence-corrected chi connectivity index (χ1v) is 8.51. The zero-order valence-electron chi connectivity index (χ0n) is 13.3. The van der Waals surface area contributed by atoms with Gasteiger partial charge in [-0.25, -0.2) is 0 Å².